The number of rotatable bonds is 4. The number of carbonyl (C=O) groups excluding carboxylic acids is 2. The van der Waals surface area contributed by atoms with Gasteiger partial charge in [0.2, 0.25) is 0 Å². The van der Waals surface area contributed by atoms with Gasteiger partial charge < -0.3 is 9.90 Å². The summed E-state index contributed by atoms with van der Waals surface area (Å²) in [6.07, 6.45) is 0. The fraction of sp³-hybridized carbons (Fsp3) is 0.0625. The van der Waals surface area contributed by atoms with Crippen LogP contribution in [0.15, 0.2) is 36.4 Å². The molecule has 1 N–H and O–H groups in total. The van der Waals surface area contributed by atoms with Crippen LogP contribution in [-0.2, 0) is 0 Å². The third kappa shape index (κ3) is 3.04. The van der Waals surface area contributed by atoms with Gasteiger partial charge >= 0.3 is 0 Å². The first-order chi connectivity index (χ1) is 11.9. The zero-order chi connectivity index (χ0) is 18.1. The predicted molar refractivity (Wildman–Crippen MR) is 89.7 cm³/mol. The van der Waals surface area contributed by atoms with Crippen LogP contribution in [0.5, 0.6) is 0 Å². The van der Waals surface area contributed by atoms with Crippen molar-refractivity contribution in [3.63, 3.8) is 0 Å². The second kappa shape index (κ2) is 6.29. The van der Waals surface area contributed by atoms with E-state index in [1.165, 1.54) is 17.4 Å². The normalized spacial score (nSPS) is 10.6. The minimum atomic E-state index is -1.67. The molecule has 3 aromatic rings. The number of benzene rings is 2. The van der Waals surface area contributed by atoms with Crippen molar-refractivity contribution in [3.8, 4) is 0 Å². The van der Waals surface area contributed by atoms with Crippen LogP contribution in [0, 0.1) is 17.0 Å². The lowest BCUT2D eigenvalue weighted by atomic mass is 10.0. The number of aromatic nitrogens is 1. The van der Waals surface area contributed by atoms with Gasteiger partial charge in [-0.1, -0.05) is 35.6 Å². The number of aromatic carboxylic acids is 1. The van der Waals surface area contributed by atoms with E-state index in [9.17, 15) is 24.8 Å². The van der Waals surface area contributed by atoms with Gasteiger partial charge in [0.1, 0.15) is 5.56 Å². The lowest BCUT2D eigenvalue weighted by Crippen LogP contribution is -2.27. The number of nitrogens with zero attached hydrogens (tertiary/aromatic N) is 2. The van der Waals surface area contributed by atoms with Gasteiger partial charge in [0.05, 0.1) is 21.1 Å². The molecular weight excluding hydrogens is 346 g/mol. The van der Waals surface area contributed by atoms with Crippen molar-refractivity contribution in [3.05, 3.63) is 63.2 Å². The SMILES string of the molecule is Cc1cccc2sc(NC(=O)c3c(C(=O)[O-])cccc3[N+](=O)[O-])nc12. The van der Waals surface area contributed by atoms with Crippen molar-refractivity contribution in [2.45, 2.75) is 6.92 Å². The van der Waals surface area contributed by atoms with Gasteiger partial charge in [0.15, 0.2) is 5.13 Å². The summed E-state index contributed by atoms with van der Waals surface area (Å²) >= 11 is 1.19. The highest BCUT2D eigenvalue weighted by Gasteiger charge is 2.25. The third-order valence-electron chi connectivity index (χ3n) is 3.53. The molecule has 0 saturated heterocycles. The van der Waals surface area contributed by atoms with Crippen LogP contribution in [0.3, 0.4) is 0 Å². The highest BCUT2D eigenvalue weighted by molar-refractivity contribution is 7.22. The largest absolute Gasteiger partial charge is 0.545 e. The van der Waals surface area contributed by atoms with E-state index in [2.05, 4.69) is 10.3 Å². The third-order valence-corrected chi connectivity index (χ3v) is 4.46. The number of carbonyl (C=O) groups is 2. The molecule has 0 aliphatic carbocycles. The lowest BCUT2D eigenvalue weighted by molar-refractivity contribution is -0.385. The van der Waals surface area contributed by atoms with Gasteiger partial charge in [-0.3, -0.25) is 20.2 Å². The first-order valence-corrected chi connectivity index (χ1v) is 7.86. The number of nitro benzene ring substituents is 1. The van der Waals surface area contributed by atoms with Crippen molar-refractivity contribution in [1.29, 1.82) is 0 Å². The van der Waals surface area contributed by atoms with Crippen LogP contribution < -0.4 is 10.4 Å². The van der Waals surface area contributed by atoms with Crippen LogP contribution in [0.2, 0.25) is 0 Å². The minimum Gasteiger partial charge on any atom is -0.545 e. The van der Waals surface area contributed by atoms with Gasteiger partial charge in [-0.05, 0) is 18.6 Å². The van der Waals surface area contributed by atoms with E-state index in [0.29, 0.717) is 5.52 Å². The monoisotopic (exact) mass is 356 g/mol. The number of fused-ring (bicyclic) bond motifs is 1. The predicted octanol–water partition coefficient (Wildman–Crippen LogP) is 2.13. The van der Waals surface area contributed by atoms with E-state index < -0.39 is 33.6 Å². The summed E-state index contributed by atoms with van der Waals surface area (Å²) in [4.78, 5) is 38.3. The molecule has 0 radical (unpaired) electrons. The first-order valence-electron chi connectivity index (χ1n) is 7.04. The van der Waals surface area contributed by atoms with E-state index in [1.807, 2.05) is 25.1 Å². The number of thiazole rings is 1. The molecule has 0 fully saturated rings. The Balaban J connectivity index is 2.04. The highest BCUT2D eigenvalue weighted by atomic mass is 32.1. The molecule has 25 heavy (non-hydrogen) atoms. The Labute approximate surface area is 144 Å². The van der Waals surface area contributed by atoms with Crippen LogP contribution >= 0.6 is 11.3 Å². The number of hydrogen-bond donors (Lipinski definition) is 1. The highest BCUT2D eigenvalue weighted by Crippen LogP contribution is 2.29. The van der Waals surface area contributed by atoms with E-state index in [4.69, 9.17) is 0 Å². The number of nitrogens with one attached hydrogen (secondary N) is 1. The van der Waals surface area contributed by atoms with Crippen LogP contribution in [0.25, 0.3) is 10.2 Å². The summed E-state index contributed by atoms with van der Waals surface area (Å²) in [6.45, 7) is 1.86. The van der Waals surface area contributed by atoms with Crippen molar-refractivity contribution in [2.24, 2.45) is 0 Å². The number of para-hydroxylation sites is 1. The molecule has 0 aliphatic heterocycles. The molecule has 0 atom stereocenters. The Bertz CT molecular complexity index is 996. The van der Waals surface area contributed by atoms with Crippen molar-refractivity contribution >= 4 is 44.2 Å². The second-order valence-electron chi connectivity index (χ2n) is 5.14. The van der Waals surface area contributed by atoms with Crippen molar-refractivity contribution < 1.29 is 19.6 Å². The number of amides is 1. The minimum absolute atomic E-state index is 0.219. The Morgan fingerprint density at radius 1 is 1.20 bits per heavy atom. The molecule has 0 bridgehead atoms. The van der Waals surface area contributed by atoms with Crippen LogP contribution in [0.1, 0.15) is 26.3 Å². The van der Waals surface area contributed by atoms with E-state index in [1.54, 1.807) is 0 Å². The van der Waals surface area contributed by atoms with Crippen molar-refractivity contribution in [1.82, 2.24) is 4.98 Å². The average molecular weight is 356 g/mol. The molecule has 126 valence electrons. The maximum Gasteiger partial charge on any atom is 0.282 e. The van der Waals surface area contributed by atoms with Crippen LogP contribution in [0.4, 0.5) is 10.8 Å². The van der Waals surface area contributed by atoms with Gasteiger partial charge in [0.25, 0.3) is 11.6 Å². The number of aryl methyl sites for hydroxylation is 1. The summed E-state index contributed by atoms with van der Waals surface area (Å²) in [7, 11) is 0. The molecule has 1 amide bonds. The van der Waals surface area contributed by atoms with Gasteiger partial charge in [-0.15, -0.1) is 0 Å². The molecule has 3 rings (SSSR count). The van der Waals surface area contributed by atoms with Crippen LogP contribution in [-0.4, -0.2) is 21.8 Å². The fourth-order valence-electron chi connectivity index (χ4n) is 2.40. The molecule has 0 unspecified atom stereocenters. The second-order valence-corrected chi connectivity index (χ2v) is 6.17. The van der Waals surface area contributed by atoms with Gasteiger partial charge in [0, 0.05) is 11.6 Å². The van der Waals surface area contributed by atoms with Crippen molar-refractivity contribution in [2.75, 3.05) is 5.32 Å². The maximum atomic E-state index is 12.5. The topological polar surface area (TPSA) is 125 Å². The Morgan fingerprint density at radius 3 is 2.56 bits per heavy atom. The summed E-state index contributed by atoms with van der Waals surface area (Å²) < 4.78 is 0.831. The zero-order valence-corrected chi connectivity index (χ0v) is 13.6. The molecular formula is C16H10N3O5S-. The Morgan fingerprint density at radius 2 is 1.92 bits per heavy atom. The Hall–Kier alpha value is -3.33. The molecule has 2 aromatic carbocycles. The van der Waals surface area contributed by atoms with Gasteiger partial charge in [-0.2, -0.15) is 0 Å². The number of anilines is 1. The summed E-state index contributed by atoms with van der Waals surface area (Å²) in [5.74, 6) is -2.60. The summed E-state index contributed by atoms with van der Waals surface area (Å²) in [6, 6.07) is 8.86. The Kier molecular flexibility index (Phi) is 4.15. The van der Waals surface area contributed by atoms with Gasteiger partial charge in [-0.25, -0.2) is 4.98 Å². The number of carboxylic acids is 1. The summed E-state index contributed by atoms with van der Waals surface area (Å²) in [5, 5.41) is 25.0. The molecule has 1 heterocycles. The van der Waals surface area contributed by atoms with E-state index in [0.717, 1.165) is 22.4 Å². The average Bonchev–Trinajstić information content (AvgIpc) is 2.97. The molecule has 9 heteroatoms. The van der Waals surface area contributed by atoms with E-state index in [-0.39, 0.29) is 5.13 Å². The molecule has 8 nitrogen and oxygen atoms in total. The van der Waals surface area contributed by atoms with E-state index >= 15 is 0 Å². The molecule has 0 aliphatic rings. The lowest BCUT2D eigenvalue weighted by Gasteiger charge is -2.09. The molecule has 0 spiro atoms. The standard InChI is InChI=1S/C16H11N3O5S/c1-8-4-2-7-11-13(8)17-16(25-11)18-14(20)12-9(15(21)22)5-3-6-10(12)19(23)24/h2-7H,1H3,(H,21,22)(H,17,18,20)/p-1. The molecule has 0 saturated carbocycles. The summed E-state index contributed by atoms with van der Waals surface area (Å²) in [5.41, 5.74) is -0.121. The maximum absolute atomic E-state index is 12.5. The zero-order valence-electron chi connectivity index (χ0n) is 12.8. The fourth-order valence-corrected chi connectivity index (χ4v) is 3.34. The smallest absolute Gasteiger partial charge is 0.282 e. The molecule has 1 aromatic heterocycles. The number of nitro groups is 1. The quantitative estimate of drug-likeness (QED) is 0.564. The number of carboxylic acid groups (broad SMARTS) is 1. The number of hydrogen-bond acceptors (Lipinski definition) is 7. The first kappa shape index (κ1) is 16.5.